The molecule has 4 nitrogen and oxygen atoms in total. The summed E-state index contributed by atoms with van der Waals surface area (Å²) >= 11 is 0. The molecule has 0 atom stereocenters. The van der Waals surface area contributed by atoms with Gasteiger partial charge in [-0.05, 0) is 145 Å². The molecule has 0 aliphatic heterocycles. The molecular weight excluding hydrogens is 592 g/mol. The van der Waals surface area contributed by atoms with Gasteiger partial charge in [0.1, 0.15) is 34.5 Å². The average Bonchev–Trinajstić information content (AvgIpc) is 3.14. The molecule has 0 radical (unpaired) electrons. The molecule has 0 bridgehead atoms. The van der Waals surface area contributed by atoms with Crippen LogP contribution in [0.15, 0.2) is 146 Å². The number of ether oxygens (including phenoxy) is 4. The van der Waals surface area contributed by atoms with Crippen molar-refractivity contribution in [3.05, 3.63) is 179 Å². The van der Waals surface area contributed by atoms with Crippen LogP contribution in [0.5, 0.6) is 34.5 Å². The van der Waals surface area contributed by atoms with E-state index in [0.717, 1.165) is 73.0 Å². The Hall–Kier alpha value is -5.48. The third-order valence-corrected chi connectivity index (χ3v) is 8.54. The summed E-state index contributed by atoms with van der Waals surface area (Å²) in [6, 6.07) is 50.1. The van der Waals surface area contributed by atoms with Crippen molar-refractivity contribution in [2.24, 2.45) is 0 Å². The van der Waals surface area contributed by atoms with Crippen LogP contribution in [0.2, 0.25) is 0 Å². The van der Waals surface area contributed by atoms with E-state index in [2.05, 4.69) is 109 Å². The second kappa shape index (κ2) is 16.4. The molecule has 0 unspecified atom stereocenters. The standard InChI is InChI=1S/C44H42O4/c1-45-39-23-15-35(16-24-39)11-13-37-5-3-7-43(31-37)47-41-27-19-33(20-28-41)9-10-34-21-29-42(30-22-34)48-44-8-4-6-38(32-44)14-12-36-17-25-40(46-2)26-18-36/h3-8,15-32H,9-14H2,1-2H3. The topological polar surface area (TPSA) is 36.9 Å². The summed E-state index contributed by atoms with van der Waals surface area (Å²) in [7, 11) is 3.39. The fourth-order valence-electron chi connectivity index (χ4n) is 5.70. The van der Waals surface area contributed by atoms with Crippen molar-refractivity contribution in [1.29, 1.82) is 0 Å². The highest BCUT2D eigenvalue weighted by Gasteiger charge is 2.05. The third kappa shape index (κ3) is 9.52. The lowest BCUT2D eigenvalue weighted by Gasteiger charge is -2.10. The van der Waals surface area contributed by atoms with Crippen LogP contribution in [0.25, 0.3) is 0 Å². The van der Waals surface area contributed by atoms with E-state index in [0.29, 0.717) is 0 Å². The molecule has 242 valence electrons. The Bertz CT molecular complexity index is 1720. The number of aryl methyl sites for hydroxylation is 6. The Kier molecular flexibility index (Phi) is 11.1. The minimum atomic E-state index is 0.845. The molecule has 0 saturated carbocycles. The maximum Gasteiger partial charge on any atom is 0.127 e. The molecule has 0 fully saturated rings. The zero-order valence-electron chi connectivity index (χ0n) is 27.7. The normalized spacial score (nSPS) is 10.8. The van der Waals surface area contributed by atoms with Crippen LogP contribution in [0.3, 0.4) is 0 Å². The van der Waals surface area contributed by atoms with Crippen molar-refractivity contribution in [2.45, 2.75) is 38.5 Å². The first-order valence-electron chi connectivity index (χ1n) is 16.6. The largest absolute Gasteiger partial charge is 0.497 e. The highest BCUT2D eigenvalue weighted by atomic mass is 16.5. The predicted octanol–water partition coefficient (Wildman–Crippen LogP) is 10.6. The van der Waals surface area contributed by atoms with Crippen LogP contribution in [0.1, 0.15) is 33.4 Å². The molecule has 0 aliphatic rings. The van der Waals surface area contributed by atoms with Crippen molar-refractivity contribution in [1.82, 2.24) is 0 Å². The molecule has 0 saturated heterocycles. The summed E-state index contributed by atoms with van der Waals surface area (Å²) < 4.78 is 22.9. The van der Waals surface area contributed by atoms with Crippen molar-refractivity contribution >= 4 is 0 Å². The van der Waals surface area contributed by atoms with Gasteiger partial charge in [-0.15, -0.1) is 0 Å². The lowest BCUT2D eigenvalue weighted by atomic mass is 10.0. The molecule has 6 aromatic rings. The first-order chi connectivity index (χ1) is 23.6. The van der Waals surface area contributed by atoms with Crippen molar-refractivity contribution < 1.29 is 18.9 Å². The summed E-state index contributed by atoms with van der Waals surface area (Å²) in [6.07, 6.45) is 5.76. The molecule has 0 amide bonds. The van der Waals surface area contributed by atoms with Gasteiger partial charge in [0, 0.05) is 0 Å². The Morgan fingerprint density at radius 1 is 0.292 bits per heavy atom. The minimum absolute atomic E-state index is 0.845. The van der Waals surface area contributed by atoms with Crippen molar-refractivity contribution in [2.75, 3.05) is 14.2 Å². The van der Waals surface area contributed by atoms with E-state index in [4.69, 9.17) is 18.9 Å². The molecule has 48 heavy (non-hydrogen) atoms. The van der Waals surface area contributed by atoms with Crippen molar-refractivity contribution in [3.63, 3.8) is 0 Å². The Morgan fingerprint density at radius 2 is 0.583 bits per heavy atom. The van der Waals surface area contributed by atoms with Gasteiger partial charge in [-0.1, -0.05) is 72.8 Å². The number of hydrogen-bond donors (Lipinski definition) is 0. The van der Waals surface area contributed by atoms with Crippen LogP contribution in [-0.4, -0.2) is 14.2 Å². The van der Waals surface area contributed by atoms with Crippen LogP contribution in [0.4, 0.5) is 0 Å². The molecular formula is C44H42O4. The lowest BCUT2D eigenvalue weighted by molar-refractivity contribution is 0.414. The van der Waals surface area contributed by atoms with E-state index < -0.39 is 0 Å². The van der Waals surface area contributed by atoms with Crippen molar-refractivity contribution in [3.8, 4) is 34.5 Å². The molecule has 0 heterocycles. The highest BCUT2D eigenvalue weighted by molar-refractivity contribution is 5.38. The molecule has 0 spiro atoms. The van der Waals surface area contributed by atoms with Crippen LogP contribution in [-0.2, 0) is 38.5 Å². The SMILES string of the molecule is COc1ccc(CCc2cccc(Oc3ccc(CCc4ccc(Oc5cccc(CCc6ccc(OC)cc6)c5)cc4)cc3)c2)cc1. The monoisotopic (exact) mass is 634 g/mol. The highest BCUT2D eigenvalue weighted by Crippen LogP contribution is 2.26. The molecule has 0 aliphatic carbocycles. The van der Waals surface area contributed by atoms with E-state index in [1.165, 1.54) is 33.4 Å². The summed E-state index contributed by atoms with van der Waals surface area (Å²) in [5.41, 5.74) is 7.65. The quantitative estimate of drug-likeness (QED) is 0.113. The number of rotatable bonds is 15. The number of methoxy groups -OCH3 is 2. The van der Waals surface area contributed by atoms with E-state index in [1.54, 1.807) is 14.2 Å². The lowest BCUT2D eigenvalue weighted by Crippen LogP contribution is -1.94. The van der Waals surface area contributed by atoms with Gasteiger partial charge < -0.3 is 18.9 Å². The van der Waals surface area contributed by atoms with Crippen LogP contribution < -0.4 is 18.9 Å². The number of benzene rings is 6. The Labute approximate surface area is 284 Å². The number of hydrogen-bond acceptors (Lipinski definition) is 4. The van der Waals surface area contributed by atoms with Gasteiger partial charge in [-0.3, -0.25) is 0 Å². The fraction of sp³-hybridized carbons (Fsp3) is 0.182. The van der Waals surface area contributed by atoms with Gasteiger partial charge in [-0.2, -0.15) is 0 Å². The molecule has 6 aromatic carbocycles. The summed E-state index contributed by atoms with van der Waals surface area (Å²) in [6.45, 7) is 0. The van der Waals surface area contributed by atoms with Gasteiger partial charge in [0.05, 0.1) is 14.2 Å². The van der Waals surface area contributed by atoms with E-state index in [9.17, 15) is 0 Å². The Balaban J connectivity index is 0.953. The molecule has 4 heteroatoms. The zero-order valence-corrected chi connectivity index (χ0v) is 27.7. The van der Waals surface area contributed by atoms with Gasteiger partial charge in [0.2, 0.25) is 0 Å². The van der Waals surface area contributed by atoms with Gasteiger partial charge in [-0.25, -0.2) is 0 Å². The maximum atomic E-state index is 6.20. The maximum absolute atomic E-state index is 6.20. The molecule has 0 aromatic heterocycles. The average molecular weight is 635 g/mol. The first kappa shape index (κ1) is 32.5. The van der Waals surface area contributed by atoms with E-state index in [1.807, 2.05) is 36.4 Å². The second-order valence-corrected chi connectivity index (χ2v) is 12.0. The summed E-state index contributed by atoms with van der Waals surface area (Å²) in [5.74, 6) is 5.18. The second-order valence-electron chi connectivity index (χ2n) is 12.0. The zero-order chi connectivity index (χ0) is 33.0. The third-order valence-electron chi connectivity index (χ3n) is 8.54. The van der Waals surface area contributed by atoms with Gasteiger partial charge in [0.15, 0.2) is 0 Å². The van der Waals surface area contributed by atoms with Crippen LogP contribution >= 0.6 is 0 Å². The molecule has 6 rings (SSSR count). The predicted molar refractivity (Wildman–Crippen MR) is 194 cm³/mol. The first-order valence-corrected chi connectivity index (χ1v) is 16.6. The van der Waals surface area contributed by atoms with E-state index >= 15 is 0 Å². The molecule has 0 N–H and O–H groups in total. The fourth-order valence-corrected chi connectivity index (χ4v) is 5.70. The minimum Gasteiger partial charge on any atom is -0.497 e. The smallest absolute Gasteiger partial charge is 0.127 e. The summed E-state index contributed by atoms with van der Waals surface area (Å²) in [4.78, 5) is 0. The van der Waals surface area contributed by atoms with Gasteiger partial charge in [0.25, 0.3) is 0 Å². The summed E-state index contributed by atoms with van der Waals surface area (Å²) in [5, 5.41) is 0. The Morgan fingerprint density at radius 3 is 0.896 bits per heavy atom. The van der Waals surface area contributed by atoms with Gasteiger partial charge >= 0.3 is 0 Å². The van der Waals surface area contributed by atoms with E-state index in [-0.39, 0.29) is 0 Å². The van der Waals surface area contributed by atoms with Crippen LogP contribution in [0, 0.1) is 0 Å².